The molecule has 4 saturated carbocycles. The molecule has 26 nitrogen and oxygen atoms in total. The standard InChI is InChI=1S/C44H45N5O8.C26H27N3O4.C19H20N2O4/c1-49-37-11-12-45-24-36(37)32-6-3-25(17-38(32)49)26-4-10-40(47-23-26)57-31-20-29(21-31)55-15-2-14-54-16-13-46-27-18-30(19-27)56-28-5-7-33-35(22-28)43(52)41(42(33)51)34-8-9-39(50)48-44(34)53;1-29-24-7-8-27-17-23(24)22-5-3-18(13-25(22)29)19-4-6-26(28-16-19)33-21-14-20(15-21)32-11-2-10-31-12-9-30;20-11-6-10(7-11)5-9-1-2-12-14(8-9)18(24)16(17(12)23)13-3-4-15(22)21-19(13)25/h3-7,10-12,17,22-24,27,29-31,34,41,46H,2,8-9,13-16,18-21H2,1H3,(H,48,50,53);3-9,13,16-17,20-21H,2,10-12,14-15H2,1H3;1-2,8,10-11,13,16H,3-7,20H2,(H,21,22,25). The summed E-state index contributed by atoms with van der Waals surface area (Å²) in [5.74, 6) is -4.43. The number of aryl methyl sites for hydroxylation is 2. The van der Waals surface area contributed by atoms with Gasteiger partial charge in [0.2, 0.25) is 35.4 Å². The molecule has 4 aromatic carbocycles. The second-order valence-corrected chi connectivity index (χ2v) is 31.4. The van der Waals surface area contributed by atoms with Gasteiger partial charge in [0.15, 0.2) is 23.1 Å². The van der Waals surface area contributed by atoms with Crippen LogP contribution in [0.4, 0.5) is 0 Å². The van der Waals surface area contributed by atoms with Crippen LogP contribution in [0.15, 0.2) is 146 Å². The van der Waals surface area contributed by atoms with E-state index in [1.807, 2.05) is 67.5 Å². The molecule has 4 atom stereocenters. The molecular formula is C89H92N10O16. The molecule has 4 unspecified atom stereocenters. The first-order chi connectivity index (χ1) is 55.9. The Bertz CT molecular complexity index is 5370. The Morgan fingerprint density at radius 1 is 0.478 bits per heavy atom. The second kappa shape index (κ2) is 34.5. The molecule has 0 spiro atoms. The average molecular weight is 1560 g/mol. The van der Waals surface area contributed by atoms with E-state index in [4.69, 9.17) is 38.9 Å². The van der Waals surface area contributed by atoms with E-state index in [2.05, 4.69) is 108 Å². The first-order valence-electron chi connectivity index (χ1n) is 39.9. The van der Waals surface area contributed by atoms with Crippen LogP contribution in [0.1, 0.15) is 137 Å². The van der Waals surface area contributed by atoms with Crippen molar-refractivity contribution in [2.24, 2.45) is 49.4 Å². The predicted octanol–water partition coefficient (Wildman–Crippen LogP) is 10.7. The summed E-state index contributed by atoms with van der Waals surface area (Å²) >= 11 is 0. The highest BCUT2D eigenvalue weighted by atomic mass is 16.5. The molecule has 18 rings (SSSR count). The van der Waals surface area contributed by atoms with Gasteiger partial charge >= 0.3 is 0 Å². The number of amides is 4. The Balaban J connectivity index is 0.000000144. The van der Waals surface area contributed by atoms with Crippen molar-refractivity contribution in [3.8, 4) is 39.8 Å². The lowest BCUT2D eigenvalue weighted by Crippen LogP contribution is -2.47. The summed E-state index contributed by atoms with van der Waals surface area (Å²) in [5.41, 5.74) is 17.3. The fourth-order valence-electron chi connectivity index (χ4n) is 17.1. The predicted molar refractivity (Wildman–Crippen MR) is 425 cm³/mol. The first-order valence-corrected chi connectivity index (χ1v) is 39.9. The van der Waals surface area contributed by atoms with Gasteiger partial charge in [-0.15, -0.1) is 0 Å². The third-order valence-electron chi connectivity index (χ3n) is 23.7. The number of rotatable bonds is 28. The molecule has 2 aliphatic heterocycles. The van der Waals surface area contributed by atoms with Crippen molar-refractivity contribution in [1.29, 1.82) is 0 Å². The van der Waals surface area contributed by atoms with Gasteiger partial charge in [0, 0.05) is 213 Å². The minimum absolute atomic E-state index is 0.00578. The number of nitrogens with zero attached hydrogens (tertiary/aromatic N) is 6. The van der Waals surface area contributed by atoms with Crippen molar-refractivity contribution in [3.05, 3.63) is 174 Å². The number of nitrogens with one attached hydrogen (secondary N) is 3. The number of benzene rings is 4. The molecule has 115 heavy (non-hydrogen) atoms. The minimum atomic E-state index is -1.08. The van der Waals surface area contributed by atoms with Crippen LogP contribution < -0.4 is 35.9 Å². The Morgan fingerprint density at radius 2 is 0.974 bits per heavy atom. The number of imide groups is 2. The number of hydrogen-bond donors (Lipinski definition) is 4. The van der Waals surface area contributed by atoms with Crippen molar-refractivity contribution in [1.82, 2.24) is 45.0 Å². The highest BCUT2D eigenvalue weighted by Crippen LogP contribution is 2.42. The highest BCUT2D eigenvalue weighted by Gasteiger charge is 2.50. The zero-order valence-corrected chi connectivity index (χ0v) is 64.2. The highest BCUT2D eigenvalue weighted by molar-refractivity contribution is 6.29. The summed E-state index contributed by atoms with van der Waals surface area (Å²) in [6.45, 7) is 3.97. The summed E-state index contributed by atoms with van der Waals surface area (Å²) in [6, 6.07) is 36.0. The lowest BCUT2D eigenvalue weighted by molar-refractivity contribution is -0.138. The number of pyridine rings is 4. The van der Waals surface area contributed by atoms with Crippen LogP contribution in [-0.4, -0.2) is 171 Å². The molecule has 594 valence electrons. The number of fused-ring (bicyclic) bond motifs is 8. The van der Waals surface area contributed by atoms with Crippen LogP contribution in [0.3, 0.4) is 0 Å². The first kappa shape index (κ1) is 77.8. The summed E-state index contributed by atoms with van der Waals surface area (Å²) in [5, 5.41) is 12.7. The van der Waals surface area contributed by atoms with Gasteiger partial charge in [-0.2, -0.15) is 0 Å². The molecule has 26 heteroatoms. The van der Waals surface area contributed by atoms with E-state index in [0.717, 1.165) is 133 Å². The quantitative estimate of drug-likeness (QED) is 0.0153. The van der Waals surface area contributed by atoms with Crippen LogP contribution in [0.2, 0.25) is 0 Å². The van der Waals surface area contributed by atoms with Crippen molar-refractivity contribution >= 4 is 96.7 Å². The van der Waals surface area contributed by atoms with E-state index >= 15 is 0 Å². The molecule has 6 fully saturated rings. The van der Waals surface area contributed by atoms with Crippen LogP contribution in [0.5, 0.6) is 17.5 Å². The number of carbonyl (C=O) groups is 9. The van der Waals surface area contributed by atoms with E-state index in [-0.39, 0.29) is 109 Å². The molecule has 8 heterocycles. The maximum absolute atomic E-state index is 13.2. The third kappa shape index (κ3) is 17.0. The lowest BCUT2D eigenvalue weighted by atomic mass is 9.77. The largest absolute Gasteiger partial charge is 0.490 e. The molecule has 0 bridgehead atoms. The summed E-state index contributed by atoms with van der Waals surface area (Å²) < 4.78 is 45.3. The molecule has 0 radical (unpaired) electrons. The zero-order valence-electron chi connectivity index (χ0n) is 64.2. The van der Waals surface area contributed by atoms with Crippen LogP contribution >= 0.6 is 0 Å². The van der Waals surface area contributed by atoms with Crippen LogP contribution in [0.25, 0.3) is 65.9 Å². The SMILES string of the molecule is Cn1c2ccncc2c2ccc(-c3ccc(OC4CC(OCCCOCC=O)C4)nc3)cc21.Cn1c2ccncc2c2ccc(-c3ccc(OC4CC(OCCCOCCNC5CC(Oc6ccc7c(c6)C(=O)C(C6CCC(=O)NC6=O)C7=O)C5)C4)nc3)cc21.NC1CC(Cc2ccc3c(c2)C(=O)C(C2CCC(=O)NC2=O)C3=O)C1. The van der Waals surface area contributed by atoms with Gasteiger partial charge in [-0.3, -0.25) is 59.0 Å². The average Bonchev–Trinajstić information content (AvgIpc) is 1.63. The van der Waals surface area contributed by atoms with Crippen molar-refractivity contribution in [2.75, 3.05) is 46.2 Å². The number of piperidine rings is 2. The second-order valence-electron chi connectivity index (χ2n) is 31.4. The van der Waals surface area contributed by atoms with E-state index in [9.17, 15) is 43.2 Å². The Morgan fingerprint density at radius 3 is 1.48 bits per heavy atom. The Hall–Kier alpha value is -11.1. The van der Waals surface area contributed by atoms with Gasteiger partial charge in [0.05, 0.1) is 53.5 Å². The van der Waals surface area contributed by atoms with Gasteiger partial charge in [0.25, 0.3) is 0 Å². The molecule has 6 aliphatic carbocycles. The maximum atomic E-state index is 13.2. The Kier molecular flexibility index (Phi) is 23.3. The number of ether oxygens (including phenoxy) is 7. The number of aldehydes is 1. The topological polar surface area (TPSA) is 342 Å². The molecular weight excluding hydrogens is 1470 g/mol. The summed E-state index contributed by atoms with van der Waals surface area (Å²) in [6.07, 6.45) is 22.9. The van der Waals surface area contributed by atoms with Gasteiger partial charge in [0.1, 0.15) is 37.0 Å². The van der Waals surface area contributed by atoms with E-state index < -0.39 is 35.5 Å². The lowest BCUT2D eigenvalue weighted by Gasteiger charge is -2.36. The van der Waals surface area contributed by atoms with Gasteiger partial charge in [-0.05, 0) is 141 Å². The molecule has 2 saturated heterocycles. The van der Waals surface area contributed by atoms with Crippen LogP contribution in [-0.2, 0) is 63.4 Å². The van der Waals surface area contributed by atoms with E-state index in [1.165, 1.54) is 21.8 Å². The van der Waals surface area contributed by atoms with E-state index in [0.29, 0.717) is 79.2 Å². The molecule has 8 aliphatic rings. The fourth-order valence-corrected chi connectivity index (χ4v) is 17.1. The van der Waals surface area contributed by atoms with Crippen molar-refractivity contribution in [2.45, 2.75) is 139 Å². The van der Waals surface area contributed by atoms with Gasteiger partial charge < -0.3 is 58.1 Å². The number of aromatic nitrogens is 6. The smallest absolute Gasteiger partial charge is 0.230 e. The minimum Gasteiger partial charge on any atom is -0.490 e. The summed E-state index contributed by atoms with van der Waals surface area (Å²) in [4.78, 5) is 127. The fraction of sp³-hybridized carbons (Fsp3) is 0.404. The number of Topliss-reactive ketones (excluding diaryl/α,β-unsaturated/α-hetero) is 4. The third-order valence-corrected chi connectivity index (χ3v) is 23.7. The molecule has 4 amide bonds. The number of nitrogens with two attached hydrogens (primary N) is 1. The molecule has 10 aromatic rings. The van der Waals surface area contributed by atoms with E-state index in [1.54, 1.807) is 30.3 Å². The monoisotopic (exact) mass is 1560 g/mol. The molecule has 5 N–H and O–H groups in total. The summed E-state index contributed by atoms with van der Waals surface area (Å²) in [7, 11) is 4.17. The number of carbonyl (C=O) groups excluding carboxylic acids is 9. The normalized spacial score (nSPS) is 24.0. The maximum Gasteiger partial charge on any atom is 0.230 e. The van der Waals surface area contributed by atoms with Crippen molar-refractivity contribution < 1.29 is 76.3 Å². The Labute approximate surface area is 663 Å². The molecule has 6 aromatic heterocycles. The number of hydrogen-bond acceptors (Lipinski definition) is 22. The number of ketones is 4. The van der Waals surface area contributed by atoms with Crippen LogP contribution in [0, 0.1) is 29.6 Å². The zero-order chi connectivity index (χ0) is 79.4. The van der Waals surface area contributed by atoms with Gasteiger partial charge in [-0.25, -0.2) is 9.97 Å². The van der Waals surface area contributed by atoms with Crippen molar-refractivity contribution in [3.63, 3.8) is 0 Å². The van der Waals surface area contributed by atoms with Gasteiger partial charge in [-0.1, -0.05) is 36.4 Å².